The first kappa shape index (κ1) is 18.9. The van der Waals surface area contributed by atoms with Crippen LogP contribution in [0.3, 0.4) is 0 Å². The first-order valence-corrected chi connectivity index (χ1v) is 11.1. The van der Waals surface area contributed by atoms with Gasteiger partial charge in [0, 0.05) is 46.4 Å². The lowest BCUT2D eigenvalue weighted by molar-refractivity contribution is 0.0909. The van der Waals surface area contributed by atoms with E-state index in [-0.39, 0.29) is 5.91 Å². The van der Waals surface area contributed by atoms with E-state index in [0.717, 1.165) is 48.3 Å². The van der Waals surface area contributed by atoms with Gasteiger partial charge >= 0.3 is 0 Å². The first-order valence-electron chi connectivity index (χ1n) is 9.69. The largest absolute Gasteiger partial charge is 0.349 e. The Morgan fingerprint density at radius 3 is 2.30 bits per heavy atom. The molecule has 2 aromatic rings. The van der Waals surface area contributed by atoms with Gasteiger partial charge in [-0.3, -0.25) is 4.79 Å². The maximum absolute atomic E-state index is 12.5. The van der Waals surface area contributed by atoms with Gasteiger partial charge in [0.15, 0.2) is 0 Å². The molecule has 2 fully saturated rings. The molecular formula is C22H25ClN2OS. The Morgan fingerprint density at radius 2 is 1.67 bits per heavy atom. The molecule has 4 rings (SSSR count). The van der Waals surface area contributed by atoms with Crippen LogP contribution in [0.1, 0.15) is 41.6 Å². The number of likely N-dealkylation sites (tertiary alicyclic amines) is 1. The fourth-order valence-corrected chi connectivity index (χ4v) is 4.55. The summed E-state index contributed by atoms with van der Waals surface area (Å²) in [5, 5.41) is 3.97. The Hall–Kier alpha value is -1.49. The van der Waals surface area contributed by atoms with Crippen molar-refractivity contribution >= 4 is 29.3 Å². The minimum Gasteiger partial charge on any atom is -0.349 e. The molecule has 1 heterocycles. The molecule has 0 spiro atoms. The number of nitrogens with one attached hydrogen (secondary N) is 1. The fourth-order valence-electron chi connectivity index (χ4n) is 3.57. The second kappa shape index (κ2) is 8.68. The van der Waals surface area contributed by atoms with Crippen LogP contribution in [-0.2, 0) is 5.75 Å². The lowest BCUT2D eigenvalue weighted by atomic mass is 10.0. The van der Waals surface area contributed by atoms with Crippen LogP contribution in [0, 0.1) is 0 Å². The molecule has 1 amide bonds. The number of hydrogen-bond donors (Lipinski definition) is 1. The van der Waals surface area contributed by atoms with Gasteiger partial charge in [0.2, 0.25) is 0 Å². The minimum atomic E-state index is 0.0526. The molecule has 0 unspecified atom stereocenters. The summed E-state index contributed by atoms with van der Waals surface area (Å²) in [5.74, 6) is 0.931. The Bertz CT molecular complexity index is 766. The van der Waals surface area contributed by atoms with Gasteiger partial charge in [-0.05, 0) is 67.6 Å². The number of thioether (sulfide) groups is 1. The molecule has 5 heteroatoms. The number of nitrogens with zero attached hydrogens (tertiary/aromatic N) is 1. The lowest BCUT2D eigenvalue weighted by Gasteiger charge is -2.32. The van der Waals surface area contributed by atoms with Gasteiger partial charge < -0.3 is 10.2 Å². The van der Waals surface area contributed by atoms with E-state index < -0.39 is 0 Å². The monoisotopic (exact) mass is 400 g/mol. The highest BCUT2D eigenvalue weighted by Crippen LogP contribution is 2.29. The molecule has 2 aromatic carbocycles. The van der Waals surface area contributed by atoms with Crippen molar-refractivity contribution in [2.24, 2.45) is 0 Å². The Kier molecular flexibility index (Phi) is 6.06. The van der Waals surface area contributed by atoms with Crippen LogP contribution >= 0.6 is 23.4 Å². The van der Waals surface area contributed by atoms with Crippen LogP contribution in [0.25, 0.3) is 0 Å². The number of carbonyl (C=O) groups is 1. The van der Waals surface area contributed by atoms with Crippen molar-refractivity contribution in [2.75, 3.05) is 13.1 Å². The summed E-state index contributed by atoms with van der Waals surface area (Å²) in [6.45, 7) is 2.24. The summed E-state index contributed by atoms with van der Waals surface area (Å²) in [6, 6.07) is 17.0. The molecule has 1 saturated carbocycles. The summed E-state index contributed by atoms with van der Waals surface area (Å²) in [4.78, 5) is 16.3. The quantitative estimate of drug-likeness (QED) is 0.693. The smallest absolute Gasteiger partial charge is 0.251 e. The summed E-state index contributed by atoms with van der Waals surface area (Å²) in [7, 11) is 0. The van der Waals surface area contributed by atoms with Crippen LogP contribution in [0.15, 0.2) is 53.4 Å². The predicted molar refractivity (Wildman–Crippen MR) is 113 cm³/mol. The third-order valence-electron chi connectivity index (χ3n) is 5.36. The molecule has 0 aromatic heterocycles. The molecule has 0 atom stereocenters. The van der Waals surface area contributed by atoms with E-state index in [9.17, 15) is 4.79 Å². The molecule has 0 radical (unpaired) electrons. The third kappa shape index (κ3) is 5.28. The minimum absolute atomic E-state index is 0.0526. The van der Waals surface area contributed by atoms with Crippen molar-refractivity contribution in [2.45, 2.75) is 48.4 Å². The zero-order valence-corrected chi connectivity index (χ0v) is 16.9. The summed E-state index contributed by atoms with van der Waals surface area (Å²) < 4.78 is 0. The lowest BCUT2D eigenvalue weighted by Crippen LogP contribution is -2.45. The number of benzene rings is 2. The Balaban J connectivity index is 1.25. The van der Waals surface area contributed by atoms with Gasteiger partial charge in [-0.25, -0.2) is 0 Å². The predicted octanol–water partition coefficient (Wildman–Crippen LogP) is 4.99. The zero-order valence-electron chi connectivity index (χ0n) is 15.4. The van der Waals surface area contributed by atoms with Gasteiger partial charge in [0.25, 0.3) is 5.91 Å². The molecule has 1 saturated heterocycles. The number of carbonyl (C=O) groups excluding carboxylic acids is 1. The number of piperidine rings is 1. The first-order chi connectivity index (χ1) is 13.2. The SMILES string of the molecule is O=C(NC1CCN(C2CC2)CC1)c1ccc(CSc2ccc(Cl)cc2)cc1. The number of amides is 1. The summed E-state index contributed by atoms with van der Waals surface area (Å²) in [5.41, 5.74) is 1.96. The van der Waals surface area contributed by atoms with E-state index in [1.54, 1.807) is 11.8 Å². The highest BCUT2D eigenvalue weighted by atomic mass is 35.5. The van der Waals surface area contributed by atoms with E-state index in [0.29, 0.717) is 6.04 Å². The van der Waals surface area contributed by atoms with Crippen LogP contribution in [0.4, 0.5) is 0 Å². The fraction of sp³-hybridized carbons (Fsp3) is 0.409. The molecule has 2 aliphatic rings. The van der Waals surface area contributed by atoms with Crippen molar-refractivity contribution < 1.29 is 4.79 Å². The zero-order chi connectivity index (χ0) is 18.6. The number of hydrogen-bond acceptors (Lipinski definition) is 3. The van der Waals surface area contributed by atoms with Gasteiger partial charge in [0.05, 0.1) is 0 Å². The van der Waals surface area contributed by atoms with Crippen molar-refractivity contribution in [1.29, 1.82) is 0 Å². The molecule has 142 valence electrons. The van der Waals surface area contributed by atoms with Crippen molar-refractivity contribution in [1.82, 2.24) is 10.2 Å². The van der Waals surface area contributed by atoms with Crippen LogP contribution in [-0.4, -0.2) is 36.0 Å². The molecule has 3 nitrogen and oxygen atoms in total. The Labute approximate surface area is 170 Å². The average molecular weight is 401 g/mol. The van der Waals surface area contributed by atoms with E-state index in [2.05, 4.69) is 10.2 Å². The second-order valence-electron chi connectivity index (χ2n) is 7.45. The maximum Gasteiger partial charge on any atom is 0.251 e. The van der Waals surface area contributed by atoms with Gasteiger partial charge in [0.1, 0.15) is 0 Å². The topological polar surface area (TPSA) is 32.3 Å². The van der Waals surface area contributed by atoms with Gasteiger partial charge in [-0.15, -0.1) is 11.8 Å². The van der Waals surface area contributed by atoms with Crippen LogP contribution in [0.5, 0.6) is 0 Å². The normalized spacial score (nSPS) is 18.4. The van der Waals surface area contributed by atoms with Crippen molar-refractivity contribution in [3.8, 4) is 0 Å². The van der Waals surface area contributed by atoms with Gasteiger partial charge in [-0.2, -0.15) is 0 Å². The average Bonchev–Trinajstić information content (AvgIpc) is 3.54. The summed E-state index contributed by atoms with van der Waals surface area (Å²) in [6.07, 6.45) is 4.86. The van der Waals surface area contributed by atoms with E-state index in [4.69, 9.17) is 11.6 Å². The van der Waals surface area contributed by atoms with Crippen molar-refractivity contribution in [3.63, 3.8) is 0 Å². The molecule has 27 heavy (non-hydrogen) atoms. The van der Waals surface area contributed by atoms with Gasteiger partial charge in [-0.1, -0.05) is 23.7 Å². The molecule has 0 bridgehead atoms. The second-order valence-corrected chi connectivity index (χ2v) is 8.94. The van der Waals surface area contributed by atoms with E-state index >= 15 is 0 Å². The van der Waals surface area contributed by atoms with Crippen molar-refractivity contribution in [3.05, 3.63) is 64.7 Å². The van der Waals surface area contributed by atoms with E-state index in [1.807, 2.05) is 48.5 Å². The summed E-state index contributed by atoms with van der Waals surface area (Å²) >= 11 is 7.69. The third-order valence-corrected chi connectivity index (χ3v) is 6.70. The molecule has 1 N–H and O–H groups in total. The number of rotatable bonds is 6. The van der Waals surface area contributed by atoms with Crippen LogP contribution in [0.2, 0.25) is 5.02 Å². The Morgan fingerprint density at radius 1 is 1.00 bits per heavy atom. The molecule has 1 aliphatic heterocycles. The molecular weight excluding hydrogens is 376 g/mol. The van der Waals surface area contributed by atoms with E-state index in [1.165, 1.54) is 23.3 Å². The van der Waals surface area contributed by atoms with Crippen LogP contribution < -0.4 is 5.32 Å². The highest BCUT2D eigenvalue weighted by Gasteiger charge is 2.32. The number of halogens is 1. The highest BCUT2D eigenvalue weighted by molar-refractivity contribution is 7.98. The maximum atomic E-state index is 12.5. The standard InChI is InChI=1S/C22H25ClN2OS/c23-18-5-9-21(10-6-18)27-15-16-1-3-17(4-2-16)22(26)24-19-11-13-25(14-12-19)20-7-8-20/h1-6,9-10,19-20H,7-8,11-15H2,(H,24,26). The molecule has 1 aliphatic carbocycles.